The fraction of sp³-hybridized carbons (Fsp3) is 0.182. The van der Waals surface area contributed by atoms with Gasteiger partial charge in [-0.25, -0.2) is 0 Å². The number of rotatable bonds is 2. The average Bonchev–Trinajstić information content (AvgIpc) is 3.33. The summed E-state index contributed by atoms with van der Waals surface area (Å²) in [5.41, 5.74) is 11.6. The van der Waals surface area contributed by atoms with E-state index in [2.05, 4.69) is 22.3 Å². The van der Waals surface area contributed by atoms with Crippen LogP contribution in [0.1, 0.15) is 28.2 Å². The van der Waals surface area contributed by atoms with Crippen molar-refractivity contribution in [3.8, 4) is 34.7 Å². The number of H-pyrrole nitrogens is 1. The molecule has 0 aliphatic carbocycles. The lowest BCUT2D eigenvalue weighted by Gasteiger charge is -2.25. The van der Waals surface area contributed by atoms with Crippen molar-refractivity contribution < 1.29 is 14.2 Å². The molecule has 0 fully saturated rings. The molecule has 0 saturated heterocycles. The van der Waals surface area contributed by atoms with Crippen molar-refractivity contribution in [3.05, 3.63) is 69.1 Å². The van der Waals surface area contributed by atoms with Gasteiger partial charge in [-0.2, -0.15) is 5.26 Å². The fourth-order valence-electron chi connectivity index (χ4n) is 4.01. The molecule has 2 aliphatic rings. The number of nitrogens with zero attached hydrogens (tertiary/aromatic N) is 2. The van der Waals surface area contributed by atoms with Gasteiger partial charge in [0.15, 0.2) is 11.5 Å². The highest BCUT2D eigenvalue weighted by molar-refractivity contribution is 6.31. The molecule has 0 radical (unpaired) electrons. The summed E-state index contributed by atoms with van der Waals surface area (Å²) in [6.45, 7) is 4.18. The van der Waals surface area contributed by atoms with Gasteiger partial charge in [-0.3, -0.25) is 5.10 Å². The summed E-state index contributed by atoms with van der Waals surface area (Å²) in [4.78, 5) is 0. The summed E-state index contributed by atoms with van der Waals surface area (Å²) >= 11 is 6.62. The zero-order chi connectivity index (χ0) is 21.0. The van der Waals surface area contributed by atoms with E-state index in [0.717, 1.165) is 22.4 Å². The van der Waals surface area contributed by atoms with Crippen molar-refractivity contribution in [3.63, 3.8) is 0 Å². The Morgan fingerprint density at radius 1 is 1.20 bits per heavy atom. The van der Waals surface area contributed by atoms with Gasteiger partial charge in [0.2, 0.25) is 18.6 Å². The lowest BCUT2D eigenvalue weighted by Crippen LogP contribution is -2.21. The number of allylic oxidation sites excluding steroid dienone is 1. The first-order chi connectivity index (χ1) is 14.5. The third kappa shape index (κ3) is 2.69. The molecule has 2 aromatic carbocycles. The summed E-state index contributed by atoms with van der Waals surface area (Å²) < 4.78 is 16.6. The minimum Gasteiger partial charge on any atom is -0.454 e. The number of aromatic nitrogens is 2. The standard InChI is InChI=1S/C22H17ClN4O3/c1-10-3-4-12(11(2)5-10)20-19-18(14(8-24)21(25)30-22(19)27-26-20)13-6-16-17(7-15(13)23)29-9-28-16/h3-7,18H,9,25H2,1-2H3,(H,26,27). The number of hydrogen-bond acceptors (Lipinski definition) is 6. The van der Waals surface area contributed by atoms with Crippen LogP contribution in [0, 0.1) is 25.2 Å². The zero-order valence-corrected chi connectivity index (χ0v) is 17.0. The molecule has 8 heteroatoms. The first-order valence-electron chi connectivity index (χ1n) is 9.30. The van der Waals surface area contributed by atoms with Gasteiger partial charge >= 0.3 is 0 Å². The number of ether oxygens (including phenoxy) is 3. The van der Waals surface area contributed by atoms with E-state index in [4.69, 9.17) is 31.5 Å². The molecular formula is C22H17ClN4O3. The van der Waals surface area contributed by atoms with Crippen LogP contribution in [0.5, 0.6) is 17.4 Å². The predicted molar refractivity (Wildman–Crippen MR) is 110 cm³/mol. The van der Waals surface area contributed by atoms with E-state index in [1.807, 2.05) is 26.0 Å². The van der Waals surface area contributed by atoms with Crippen LogP contribution in [0.25, 0.3) is 11.3 Å². The Hall–Kier alpha value is -3.63. The molecule has 1 atom stereocenters. The third-order valence-corrected chi connectivity index (χ3v) is 5.72. The van der Waals surface area contributed by atoms with Crippen molar-refractivity contribution in [2.75, 3.05) is 6.79 Å². The number of nitrogens with two attached hydrogens (primary N) is 1. The highest BCUT2D eigenvalue weighted by Gasteiger charge is 2.37. The Morgan fingerprint density at radius 2 is 1.97 bits per heavy atom. The van der Waals surface area contributed by atoms with Gasteiger partial charge in [0.05, 0.1) is 17.2 Å². The normalized spacial score (nSPS) is 16.8. The number of fused-ring (bicyclic) bond motifs is 2. The lowest BCUT2D eigenvalue weighted by molar-refractivity contribution is 0.174. The van der Waals surface area contributed by atoms with Gasteiger partial charge in [-0.1, -0.05) is 35.4 Å². The van der Waals surface area contributed by atoms with Crippen molar-refractivity contribution in [2.24, 2.45) is 5.73 Å². The second kappa shape index (κ2) is 6.71. The van der Waals surface area contributed by atoms with Crippen molar-refractivity contribution in [1.82, 2.24) is 10.2 Å². The number of hydrogen-bond donors (Lipinski definition) is 2. The van der Waals surface area contributed by atoms with E-state index in [1.165, 1.54) is 0 Å². The average molecular weight is 421 g/mol. The molecule has 3 aromatic rings. The molecule has 5 rings (SSSR count). The second-order valence-electron chi connectivity index (χ2n) is 7.29. The Bertz CT molecular complexity index is 1270. The summed E-state index contributed by atoms with van der Waals surface area (Å²) in [6.07, 6.45) is 0. The summed E-state index contributed by atoms with van der Waals surface area (Å²) in [5, 5.41) is 17.7. The monoisotopic (exact) mass is 420 g/mol. The number of benzene rings is 2. The fourth-order valence-corrected chi connectivity index (χ4v) is 4.27. The predicted octanol–water partition coefficient (Wildman–Crippen LogP) is 4.29. The van der Waals surface area contributed by atoms with Gasteiger partial charge in [0, 0.05) is 16.7 Å². The van der Waals surface area contributed by atoms with Gasteiger partial charge in [0.25, 0.3) is 0 Å². The van der Waals surface area contributed by atoms with Crippen LogP contribution in [0.15, 0.2) is 41.8 Å². The molecule has 3 heterocycles. The smallest absolute Gasteiger partial charge is 0.244 e. The Labute approximate surface area is 177 Å². The Balaban J connectivity index is 1.76. The summed E-state index contributed by atoms with van der Waals surface area (Å²) in [7, 11) is 0. The molecule has 3 N–H and O–H groups in total. The van der Waals surface area contributed by atoms with Crippen LogP contribution in [0.3, 0.4) is 0 Å². The van der Waals surface area contributed by atoms with Crippen LogP contribution < -0.4 is 19.9 Å². The summed E-state index contributed by atoms with van der Waals surface area (Å²) in [6, 6.07) is 11.8. The molecule has 1 unspecified atom stereocenters. The second-order valence-corrected chi connectivity index (χ2v) is 7.69. The van der Waals surface area contributed by atoms with Crippen LogP contribution in [-0.4, -0.2) is 17.0 Å². The van der Waals surface area contributed by atoms with E-state index >= 15 is 0 Å². The first kappa shape index (κ1) is 18.4. The molecule has 2 aliphatic heterocycles. The third-order valence-electron chi connectivity index (χ3n) is 5.39. The van der Waals surface area contributed by atoms with E-state index in [-0.39, 0.29) is 18.2 Å². The minimum absolute atomic E-state index is 0.00223. The highest BCUT2D eigenvalue weighted by atomic mass is 35.5. The molecule has 0 spiro atoms. The number of aryl methyl sites for hydroxylation is 2. The molecule has 0 bridgehead atoms. The number of nitriles is 1. The maximum absolute atomic E-state index is 9.90. The van der Waals surface area contributed by atoms with Crippen LogP contribution >= 0.6 is 11.6 Å². The van der Waals surface area contributed by atoms with E-state index in [0.29, 0.717) is 33.5 Å². The molecule has 0 saturated carbocycles. The topological polar surface area (TPSA) is 106 Å². The Kier molecular flexibility index (Phi) is 4.12. The highest BCUT2D eigenvalue weighted by Crippen LogP contribution is 2.50. The maximum atomic E-state index is 9.90. The molecule has 30 heavy (non-hydrogen) atoms. The van der Waals surface area contributed by atoms with Crippen LogP contribution in [0.2, 0.25) is 5.02 Å². The zero-order valence-electron chi connectivity index (χ0n) is 16.2. The van der Waals surface area contributed by atoms with Crippen LogP contribution in [-0.2, 0) is 0 Å². The maximum Gasteiger partial charge on any atom is 0.244 e. The van der Waals surface area contributed by atoms with Crippen molar-refractivity contribution in [1.29, 1.82) is 5.26 Å². The molecule has 7 nitrogen and oxygen atoms in total. The molecule has 0 amide bonds. The van der Waals surface area contributed by atoms with Gasteiger partial charge < -0.3 is 19.9 Å². The van der Waals surface area contributed by atoms with E-state index in [1.54, 1.807) is 12.1 Å². The van der Waals surface area contributed by atoms with E-state index < -0.39 is 5.92 Å². The van der Waals surface area contributed by atoms with Crippen molar-refractivity contribution >= 4 is 11.6 Å². The van der Waals surface area contributed by atoms with Gasteiger partial charge in [0.1, 0.15) is 11.6 Å². The van der Waals surface area contributed by atoms with Gasteiger partial charge in [-0.05, 0) is 31.0 Å². The largest absolute Gasteiger partial charge is 0.454 e. The van der Waals surface area contributed by atoms with Crippen molar-refractivity contribution in [2.45, 2.75) is 19.8 Å². The molecule has 1 aromatic heterocycles. The lowest BCUT2D eigenvalue weighted by atomic mass is 9.82. The number of aromatic amines is 1. The SMILES string of the molecule is Cc1ccc(-c2[nH]nc3c2C(c2cc4c(cc2Cl)OCO4)C(C#N)=C(N)O3)c(C)c1. The van der Waals surface area contributed by atoms with Gasteiger partial charge in [-0.15, -0.1) is 5.10 Å². The molecular weight excluding hydrogens is 404 g/mol. The van der Waals surface area contributed by atoms with Crippen LogP contribution in [0.4, 0.5) is 0 Å². The molecule has 150 valence electrons. The minimum atomic E-state index is -0.574. The summed E-state index contributed by atoms with van der Waals surface area (Å²) in [5.74, 6) is 0.876. The first-order valence-corrected chi connectivity index (χ1v) is 9.68. The Morgan fingerprint density at radius 3 is 2.70 bits per heavy atom. The quantitative estimate of drug-likeness (QED) is 0.640. The number of halogens is 1. The van der Waals surface area contributed by atoms with E-state index in [9.17, 15) is 5.26 Å². The number of nitrogens with one attached hydrogen (secondary N) is 1.